The Morgan fingerprint density at radius 2 is 0.891 bits per heavy atom. The van der Waals surface area contributed by atoms with Crippen molar-refractivity contribution in [2.75, 3.05) is 13.2 Å². The maximum absolute atomic E-state index is 12.8. The van der Waals surface area contributed by atoms with Crippen molar-refractivity contribution < 1.29 is 63.1 Å². The van der Waals surface area contributed by atoms with Gasteiger partial charge in [0.25, 0.3) is 0 Å². The highest BCUT2D eigenvalue weighted by Gasteiger charge is 2.51. The molecular weight excluding hydrogens is 840 g/mol. The molecule has 0 heterocycles. The molecule has 1 aliphatic rings. The topological polar surface area (TPSA) is 210 Å². The van der Waals surface area contributed by atoms with Gasteiger partial charge in [-0.2, -0.15) is 0 Å². The molecule has 1 saturated carbocycles. The summed E-state index contributed by atoms with van der Waals surface area (Å²) < 4.78 is 33.6. The SMILES string of the molecule is CC/C=C\C/C=C\C/C=C\C/C=C\CCCCCCCCC(=O)OC(COC(=O)CCCCCCCCCCCCCCCCCC)COP(=O)(O)OC1C(O)C(O)C(O)C(O)C1O. The second-order valence-electron chi connectivity index (χ2n) is 17.3. The summed E-state index contributed by atoms with van der Waals surface area (Å²) in [6.45, 7) is 3.20. The molecule has 0 aromatic heterocycles. The van der Waals surface area contributed by atoms with Crippen molar-refractivity contribution in [2.24, 2.45) is 0 Å². The maximum atomic E-state index is 12.8. The molecule has 1 fully saturated rings. The predicted molar refractivity (Wildman–Crippen MR) is 253 cm³/mol. The highest BCUT2D eigenvalue weighted by molar-refractivity contribution is 7.47. The Hall–Kier alpha value is -2.19. The third-order valence-electron chi connectivity index (χ3n) is 11.4. The zero-order valence-electron chi connectivity index (χ0n) is 39.6. The van der Waals surface area contributed by atoms with Crippen molar-refractivity contribution in [2.45, 2.75) is 243 Å². The molecule has 13 nitrogen and oxygen atoms in total. The number of phosphoric acid groups is 1. The van der Waals surface area contributed by atoms with E-state index >= 15 is 0 Å². The van der Waals surface area contributed by atoms with E-state index in [1.165, 1.54) is 77.0 Å². The first-order chi connectivity index (χ1) is 30.9. The Morgan fingerprint density at radius 1 is 0.500 bits per heavy atom. The van der Waals surface area contributed by atoms with E-state index in [-0.39, 0.29) is 12.8 Å². The van der Waals surface area contributed by atoms with Gasteiger partial charge in [-0.3, -0.25) is 18.6 Å². The fourth-order valence-corrected chi connectivity index (χ4v) is 8.43. The highest BCUT2D eigenvalue weighted by Crippen LogP contribution is 2.47. The molecule has 1 rings (SSSR count). The quantitative estimate of drug-likeness (QED) is 0.0146. The number of carbonyl (C=O) groups excluding carboxylic acids is 2. The van der Waals surface area contributed by atoms with Crippen LogP contribution in [-0.2, 0) is 32.7 Å². The number of esters is 2. The molecule has 6 N–H and O–H groups in total. The number of ether oxygens (including phenoxy) is 2. The van der Waals surface area contributed by atoms with Crippen LogP contribution in [0.3, 0.4) is 0 Å². The molecule has 0 radical (unpaired) electrons. The van der Waals surface area contributed by atoms with E-state index in [0.717, 1.165) is 83.5 Å². The summed E-state index contributed by atoms with van der Waals surface area (Å²) in [5, 5.41) is 50.2. The first kappa shape index (κ1) is 59.8. The lowest BCUT2D eigenvalue weighted by Gasteiger charge is -2.41. The summed E-state index contributed by atoms with van der Waals surface area (Å²) in [7, 11) is -5.12. The number of unbranched alkanes of at least 4 members (excludes halogenated alkanes) is 21. The van der Waals surface area contributed by atoms with E-state index < -0.39 is 75.7 Å². The lowest BCUT2D eigenvalue weighted by atomic mass is 9.85. The zero-order valence-corrected chi connectivity index (χ0v) is 40.5. The van der Waals surface area contributed by atoms with Gasteiger partial charge in [-0.05, 0) is 51.4 Å². The van der Waals surface area contributed by atoms with Crippen LogP contribution in [0.1, 0.15) is 200 Å². The molecule has 0 bridgehead atoms. The van der Waals surface area contributed by atoms with Gasteiger partial charge in [0.05, 0.1) is 6.61 Å². The van der Waals surface area contributed by atoms with Crippen molar-refractivity contribution in [3.63, 3.8) is 0 Å². The first-order valence-electron chi connectivity index (χ1n) is 24.9. The van der Waals surface area contributed by atoms with Crippen LogP contribution in [-0.4, -0.2) is 98.3 Å². The standard InChI is InChI=1S/C50H89O13P/c1-3-5-7-9-11-13-15-17-19-21-22-23-25-27-29-31-33-35-37-39-44(52)62-42(41-61-64(58,59)63-50-48(56)46(54)45(53)47(55)49(50)57)40-60-43(51)38-36-34-32-30-28-26-24-20-18-16-14-12-10-8-6-4-2/h5,7,11,13,17,19,22-23,42,45-50,53-57H,3-4,6,8-10,12,14-16,18,20-21,24-41H2,1-2H3,(H,58,59)/b7-5-,13-11-,19-17-,23-22-. The van der Waals surface area contributed by atoms with E-state index in [1.54, 1.807) is 0 Å². The first-order valence-corrected chi connectivity index (χ1v) is 26.4. The van der Waals surface area contributed by atoms with Crippen LogP contribution < -0.4 is 0 Å². The summed E-state index contributed by atoms with van der Waals surface area (Å²) in [4.78, 5) is 35.8. The van der Waals surface area contributed by atoms with E-state index in [2.05, 4.69) is 62.5 Å². The molecular formula is C50H89O13P. The van der Waals surface area contributed by atoms with Gasteiger partial charge in [0.1, 0.15) is 43.2 Å². The van der Waals surface area contributed by atoms with Crippen LogP contribution in [0.4, 0.5) is 0 Å². The number of carbonyl (C=O) groups is 2. The van der Waals surface area contributed by atoms with Gasteiger partial charge < -0.3 is 39.9 Å². The van der Waals surface area contributed by atoms with Crippen LogP contribution >= 0.6 is 7.82 Å². The van der Waals surface area contributed by atoms with E-state index in [0.29, 0.717) is 12.8 Å². The monoisotopic (exact) mass is 929 g/mol. The molecule has 64 heavy (non-hydrogen) atoms. The molecule has 0 spiro atoms. The Balaban J connectivity index is 2.43. The highest BCUT2D eigenvalue weighted by atomic mass is 31.2. The van der Waals surface area contributed by atoms with Crippen molar-refractivity contribution in [1.29, 1.82) is 0 Å². The minimum Gasteiger partial charge on any atom is -0.462 e. The van der Waals surface area contributed by atoms with Gasteiger partial charge in [0, 0.05) is 12.8 Å². The summed E-state index contributed by atoms with van der Waals surface area (Å²) in [6.07, 6.45) is 34.4. The van der Waals surface area contributed by atoms with Crippen molar-refractivity contribution in [3.05, 3.63) is 48.6 Å². The molecule has 14 heteroatoms. The molecule has 0 amide bonds. The molecule has 6 atom stereocenters. The Kier molecular flexibility index (Phi) is 37.3. The molecule has 6 unspecified atom stereocenters. The van der Waals surface area contributed by atoms with Gasteiger partial charge in [-0.25, -0.2) is 4.57 Å². The third-order valence-corrected chi connectivity index (χ3v) is 12.4. The van der Waals surface area contributed by atoms with Crippen LogP contribution in [0.15, 0.2) is 48.6 Å². The summed E-state index contributed by atoms with van der Waals surface area (Å²) in [6, 6.07) is 0. The zero-order chi connectivity index (χ0) is 47.1. The number of allylic oxidation sites excluding steroid dienone is 8. The van der Waals surface area contributed by atoms with Gasteiger partial charge in [-0.1, -0.05) is 184 Å². The van der Waals surface area contributed by atoms with Crippen LogP contribution in [0.25, 0.3) is 0 Å². The van der Waals surface area contributed by atoms with Crippen molar-refractivity contribution >= 4 is 19.8 Å². The summed E-state index contributed by atoms with van der Waals surface area (Å²) in [5.41, 5.74) is 0. The van der Waals surface area contributed by atoms with Gasteiger partial charge in [-0.15, -0.1) is 0 Å². The van der Waals surface area contributed by atoms with Crippen LogP contribution in [0.2, 0.25) is 0 Å². The largest absolute Gasteiger partial charge is 0.472 e. The van der Waals surface area contributed by atoms with Crippen LogP contribution in [0, 0.1) is 0 Å². The fraction of sp³-hybridized carbons (Fsp3) is 0.800. The Labute approximate surface area is 386 Å². The number of aliphatic hydroxyl groups is 5. The molecule has 0 aromatic carbocycles. The average molecular weight is 929 g/mol. The Morgan fingerprint density at radius 3 is 1.36 bits per heavy atom. The summed E-state index contributed by atoms with van der Waals surface area (Å²) >= 11 is 0. The van der Waals surface area contributed by atoms with E-state index in [9.17, 15) is 44.6 Å². The van der Waals surface area contributed by atoms with Gasteiger partial charge in [0.15, 0.2) is 6.10 Å². The second kappa shape index (κ2) is 39.9. The minimum absolute atomic E-state index is 0.0808. The summed E-state index contributed by atoms with van der Waals surface area (Å²) in [5.74, 6) is -1.11. The van der Waals surface area contributed by atoms with E-state index in [1.807, 2.05) is 0 Å². The van der Waals surface area contributed by atoms with E-state index in [4.69, 9.17) is 18.5 Å². The smallest absolute Gasteiger partial charge is 0.462 e. The lowest BCUT2D eigenvalue weighted by Crippen LogP contribution is -2.64. The van der Waals surface area contributed by atoms with Gasteiger partial charge >= 0.3 is 19.8 Å². The predicted octanol–water partition coefficient (Wildman–Crippen LogP) is 10.3. The molecule has 1 aliphatic carbocycles. The molecule has 0 aromatic rings. The number of phosphoric ester groups is 1. The number of aliphatic hydroxyl groups excluding tert-OH is 5. The van der Waals surface area contributed by atoms with Crippen molar-refractivity contribution in [3.8, 4) is 0 Å². The number of hydrogen-bond donors (Lipinski definition) is 6. The minimum atomic E-state index is -5.12. The normalized spacial score (nSPS) is 21.9. The molecule has 372 valence electrons. The fourth-order valence-electron chi connectivity index (χ4n) is 7.46. The average Bonchev–Trinajstić information content (AvgIpc) is 3.28. The van der Waals surface area contributed by atoms with Crippen LogP contribution in [0.5, 0.6) is 0 Å². The van der Waals surface area contributed by atoms with Gasteiger partial charge in [0.2, 0.25) is 0 Å². The molecule has 0 saturated heterocycles. The number of hydrogen-bond acceptors (Lipinski definition) is 12. The number of rotatable bonds is 41. The lowest BCUT2D eigenvalue weighted by molar-refractivity contribution is -0.220. The third kappa shape index (κ3) is 31.7. The van der Waals surface area contributed by atoms with Crippen molar-refractivity contribution in [1.82, 2.24) is 0 Å². The second-order valence-corrected chi connectivity index (χ2v) is 18.7. The maximum Gasteiger partial charge on any atom is 0.472 e. The molecule has 0 aliphatic heterocycles. The Bertz CT molecular complexity index is 1300.